The van der Waals surface area contributed by atoms with Gasteiger partial charge in [0.05, 0.1) is 5.75 Å². The first-order valence-electron chi connectivity index (χ1n) is 7.88. The van der Waals surface area contributed by atoms with Gasteiger partial charge in [-0.1, -0.05) is 64.7 Å². The second-order valence-corrected chi connectivity index (χ2v) is 7.38. The molecule has 0 aliphatic carbocycles. The Hall–Kier alpha value is -0.840. The molecule has 0 N–H and O–H groups in total. The molecule has 0 saturated heterocycles. The van der Waals surface area contributed by atoms with Crippen molar-refractivity contribution in [1.82, 2.24) is 8.96 Å². The summed E-state index contributed by atoms with van der Waals surface area (Å²) in [5.74, 6) is 0.222. The molecular formula is C15H28N2O2S. The molecule has 0 fully saturated rings. The molecular weight excluding hydrogens is 272 g/mol. The second-order valence-electron chi connectivity index (χ2n) is 5.39. The number of imidazole rings is 1. The smallest absolute Gasteiger partial charge is 0.239 e. The fourth-order valence-electron chi connectivity index (χ4n) is 2.29. The predicted molar refractivity (Wildman–Crippen MR) is 83.3 cm³/mol. The summed E-state index contributed by atoms with van der Waals surface area (Å²) in [5, 5.41) is 0. The van der Waals surface area contributed by atoms with E-state index in [2.05, 4.69) is 11.9 Å². The predicted octanol–water partition coefficient (Wildman–Crippen LogP) is 3.98. The minimum absolute atomic E-state index is 0.222. The Labute approximate surface area is 123 Å². The van der Waals surface area contributed by atoms with Gasteiger partial charge in [0, 0.05) is 12.4 Å². The molecule has 0 aromatic carbocycles. The number of rotatable bonds is 12. The van der Waals surface area contributed by atoms with Gasteiger partial charge in [-0.3, -0.25) is 0 Å². The number of nitrogens with zero attached hydrogens (tertiary/aromatic N) is 2. The number of hydrogen-bond acceptors (Lipinski definition) is 3. The van der Waals surface area contributed by atoms with E-state index in [1.165, 1.54) is 67.6 Å². The van der Waals surface area contributed by atoms with Crippen molar-refractivity contribution in [2.45, 2.75) is 71.1 Å². The summed E-state index contributed by atoms with van der Waals surface area (Å²) in [6.07, 6.45) is 16.4. The Morgan fingerprint density at radius 2 is 1.45 bits per heavy atom. The van der Waals surface area contributed by atoms with Gasteiger partial charge in [-0.25, -0.2) is 17.4 Å². The highest BCUT2D eigenvalue weighted by molar-refractivity contribution is 7.89. The van der Waals surface area contributed by atoms with E-state index in [0.29, 0.717) is 0 Å². The van der Waals surface area contributed by atoms with Crippen LogP contribution in [0.25, 0.3) is 0 Å². The minimum atomic E-state index is -3.17. The molecule has 0 bridgehead atoms. The Morgan fingerprint density at radius 1 is 0.900 bits per heavy atom. The van der Waals surface area contributed by atoms with E-state index >= 15 is 0 Å². The quantitative estimate of drug-likeness (QED) is 0.549. The van der Waals surface area contributed by atoms with Crippen molar-refractivity contribution in [1.29, 1.82) is 0 Å². The van der Waals surface area contributed by atoms with E-state index in [4.69, 9.17) is 0 Å². The topological polar surface area (TPSA) is 52.0 Å². The molecule has 0 spiro atoms. The molecule has 0 unspecified atom stereocenters. The third-order valence-corrected chi connectivity index (χ3v) is 5.22. The highest BCUT2D eigenvalue weighted by atomic mass is 32.2. The fraction of sp³-hybridized carbons (Fsp3) is 0.800. The molecule has 0 aliphatic rings. The zero-order chi connectivity index (χ0) is 14.7. The summed E-state index contributed by atoms with van der Waals surface area (Å²) >= 11 is 0. The van der Waals surface area contributed by atoms with Gasteiger partial charge < -0.3 is 0 Å². The van der Waals surface area contributed by atoms with Gasteiger partial charge in [0.1, 0.15) is 6.33 Å². The van der Waals surface area contributed by atoms with Crippen molar-refractivity contribution in [3.63, 3.8) is 0 Å². The van der Waals surface area contributed by atoms with Gasteiger partial charge >= 0.3 is 0 Å². The van der Waals surface area contributed by atoms with Crippen molar-refractivity contribution in [3.8, 4) is 0 Å². The number of aromatic nitrogens is 2. The van der Waals surface area contributed by atoms with Crippen LogP contribution in [0.2, 0.25) is 0 Å². The standard InChI is InChI=1S/C15H28N2O2S/c1-2-3-4-5-6-7-8-9-10-11-14-20(18,19)17-13-12-16-15-17/h12-13,15H,2-11,14H2,1H3. The van der Waals surface area contributed by atoms with Crippen molar-refractivity contribution >= 4 is 10.0 Å². The molecule has 0 amide bonds. The first-order valence-corrected chi connectivity index (χ1v) is 9.49. The van der Waals surface area contributed by atoms with Crippen LogP contribution in [-0.2, 0) is 10.0 Å². The van der Waals surface area contributed by atoms with Gasteiger partial charge in [0.15, 0.2) is 0 Å². The molecule has 1 aromatic rings. The second kappa shape index (κ2) is 9.97. The van der Waals surface area contributed by atoms with Gasteiger partial charge in [-0.05, 0) is 6.42 Å². The average molecular weight is 300 g/mol. The SMILES string of the molecule is CCCCCCCCCCCCS(=O)(=O)n1ccnc1. The molecule has 1 rings (SSSR count). The third kappa shape index (κ3) is 7.08. The van der Waals surface area contributed by atoms with Crippen molar-refractivity contribution in [3.05, 3.63) is 18.7 Å². The molecule has 0 atom stereocenters. The van der Waals surface area contributed by atoms with Crippen LogP contribution in [0.15, 0.2) is 18.7 Å². The molecule has 0 aliphatic heterocycles. The maximum atomic E-state index is 11.9. The average Bonchev–Trinajstić information content (AvgIpc) is 2.96. The highest BCUT2D eigenvalue weighted by Crippen LogP contribution is 2.11. The third-order valence-electron chi connectivity index (χ3n) is 3.56. The van der Waals surface area contributed by atoms with Crippen LogP contribution >= 0.6 is 0 Å². The fourth-order valence-corrected chi connectivity index (χ4v) is 3.51. The maximum absolute atomic E-state index is 11.9. The molecule has 0 radical (unpaired) electrons. The maximum Gasteiger partial charge on any atom is 0.239 e. The van der Waals surface area contributed by atoms with Gasteiger partial charge in [-0.2, -0.15) is 0 Å². The van der Waals surface area contributed by atoms with E-state index < -0.39 is 10.0 Å². The van der Waals surface area contributed by atoms with Crippen molar-refractivity contribution in [2.24, 2.45) is 0 Å². The summed E-state index contributed by atoms with van der Waals surface area (Å²) in [6.45, 7) is 2.23. The normalized spacial score (nSPS) is 11.8. The van der Waals surface area contributed by atoms with Crippen LogP contribution in [0.4, 0.5) is 0 Å². The van der Waals surface area contributed by atoms with E-state index in [-0.39, 0.29) is 5.75 Å². The lowest BCUT2D eigenvalue weighted by Gasteiger charge is -2.05. The van der Waals surface area contributed by atoms with Crippen LogP contribution in [0.3, 0.4) is 0 Å². The minimum Gasteiger partial charge on any atom is -0.244 e. The lowest BCUT2D eigenvalue weighted by Crippen LogP contribution is -2.14. The Kier molecular flexibility index (Phi) is 8.58. The molecule has 5 heteroatoms. The molecule has 4 nitrogen and oxygen atoms in total. The van der Waals surface area contributed by atoms with E-state index in [1.807, 2.05) is 0 Å². The van der Waals surface area contributed by atoms with E-state index in [9.17, 15) is 8.42 Å². The Morgan fingerprint density at radius 3 is 1.95 bits per heavy atom. The van der Waals surface area contributed by atoms with Gasteiger partial charge in [0.2, 0.25) is 10.0 Å². The Balaban J connectivity index is 1.97. The molecule has 116 valence electrons. The lowest BCUT2D eigenvalue weighted by molar-refractivity contribution is 0.556. The zero-order valence-corrected chi connectivity index (χ0v) is 13.4. The highest BCUT2D eigenvalue weighted by Gasteiger charge is 2.11. The first-order chi connectivity index (χ1) is 9.67. The van der Waals surface area contributed by atoms with E-state index in [1.54, 1.807) is 0 Å². The van der Waals surface area contributed by atoms with Crippen LogP contribution in [0.1, 0.15) is 71.1 Å². The van der Waals surface area contributed by atoms with Crippen LogP contribution in [0, 0.1) is 0 Å². The summed E-state index contributed by atoms with van der Waals surface area (Å²) in [6, 6.07) is 0. The number of hydrogen-bond donors (Lipinski definition) is 0. The van der Waals surface area contributed by atoms with Gasteiger partial charge in [-0.15, -0.1) is 0 Å². The summed E-state index contributed by atoms with van der Waals surface area (Å²) in [4.78, 5) is 3.77. The van der Waals surface area contributed by atoms with Crippen LogP contribution < -0.4 is 0 Å². The molecule has 1 heterocycles. The first kappa shape index (κ1) is 17.2. The van der Waals surface area contributed by atoms with Crippen LogP contribution in [-0.4, -0.2) is 23.1 Å². The van der Waals surface area contributed by atoms with E-state index in [0.717, 1.165) is 19.3 Å². The molecule has 0 saturated carbocycles. The molecule has 20 heavy (non-hydrogen) atoms. The monoisotopic (exact) mass is 300 g/mol. The largest absolute Gasteiger partial charge is 0.244 e. The van der Waals surface area contributed by atoms with Crippen LogP contribution in [0.5, 0.6) is 0 Å². The Bertz CT molecular complexity index is 427. The molecule has 1 aromatic heterocycles. The number of unbranched alkanes of at least 4 members (excludes halogenated alkanes) is 9. The van der Waals surface area contributed by atoms with Crippen molar-refractivity contribution < 1.29 is 8.42 Å². The summed E-state index contributed by atoms with van der Waals surface area (Å²) < 4.78 is 24.9. The summed E-state index contributed by atoms with van der Waals surface area (Å²) in [5.41, 5.74) is 0. The van der Waals surface area contributed by atoms with Gasteiger partial charge in [0.25, 0.3) is 0 Å². The lowest BCUT2D eigenvalue weighted by atomic mass is 10.1. The van der Waals surface area contributed by atoms with Crippen molar-refractivity contribution in [2.75, 3.05) is 5.75 Å². The summed E-state index contributed by atoms with van der Waals surface area (Å²) in [7, 11) is -3.17. The zero-order valence-electron chi connectivity index (χ0n) is 12.6.